The molecule has 3 aromatic carbocycles. The average Bonchev–Trinajstić information content (AvgIpc) is 3.05. The number of para-hydroxylation sites is 3. The van der Waals surface area contributed by atoms with Gasteiger partial charge >= 0.3 is 0 Å². The van der Waals surface area contributed by atoms with Crippen LogP contribution in [0.5, 0.6) is 11.5 Å². The Labute approximate surface area is 150 Å². The molecule has 4 rings (SSSR count). The fraction of sp³-hybridized carbons (Fsp3) is 0.0952. The molecule has 0 fully saturated rings. The summed E-state index contributed by atoms with van der Waals surface area (Å²) in [5, 5.41) is 4.77. The Morgan fingerprint density at radius 2 is 1.73 bits per heavy atom. The number of methoxy groups -OCH3 is 1. The molecule has 0 radical (unpaired) electrons. The van der Waals surface area contributed by atoms with E-state index in [1.807, 2.05) is 48.5 Å². The van der Waals surface area contributed by atoms with Gasteiger partial charge in [-0.3, -0.25) is 4.79 Å². The molecule has 1 N–H and O–H groups in total. The molecule has 130 valence electrons. The van der Waals surface area contributed by atoms with Crippen molar-refractivity contribution < 1.29 is 18.7 Å². The van der Waals surface area contributed by atoms with Crippen molar-refractivity contribution in [1.82, 2.24) is 0 Å². The number of benzene rings is 3. The van der Waals surface area contributed by atoms with E-state index in [2.05, 4.69) is 5.32 Å². The minimum absolute atomic E-state index is 0.0979. The molecule has 0 spiro atoms. The van der Waals surface area contributed by atoms with Crippen molar-refractivity contribution in [2.45, 2.75) is 0 Å². The molecule has 0 bridgehead atoms. The zero-order chi connectivity index (χ0) is 17.9. The van der Waals surface area contributed by atoms with Gasteiger partial charge in [-0.05, 0) is 36.4 Å². The summed E-state index contributed by atoms with van der Waals surface area (Å²) >= 11 is 0. The van der Waals surface area contributed by atoms with Gasteiger partial charge in [-0.15, -0.1) is 0 Å². The van der Waals surface area contributed by atoms with Crippen LogP contribution in [-0.2, 0) is 4.79 Å². The highest BCUT2D eigenvalue weighted by Gasteiger charge is 2.10. The van der Waals surface area contributed by atoms with Crippen LogP contribution in [0.4, 0.5) is 5.69 Å². The number of furan rings is 1. The number of hydrogen-bond donors (Lipinski definition) is 1. The van der Waals surface area contributed by atoms with E-state index >= 15 is 0 Å². The van der Waals surface area contributed by atoms with Gasteiger partial charge < -0.3 is 19.2 Å². The molecule has 0 unspecified atom stereocenters. The van der Waals surface area contributed by atoms with E-state index in [0.717, 1.165) is 21.9 Å². The Bertz CT molecular complexity index is 1080. The molecule has 5 nitrogen and oxygen atoms in total. The summed E-state index contributed by atoms with van der Waals surface area (Å²) in [6, 6.07) is 20.6. The third-order valence-corrected chi connectivity index (χ3v) is 4.10. The standard InChI is InChI=1S/C21H17NO4/c1-24-20-9-5-3-7-17(20)22-21(23)13-25-14-10-11-19-16(12-14)15-6-2-4-8-18(15)26-19/h2-12H,13H2,1H3,(H,22,23). The molecule has 0 atom stereocenters. The number of hydrogen-bond acceptors (Lipinski definition) is 4. The Kier molecular flexibility index (Phi) is 4.19. The quantitative estimate of drug-likeness (QED) is 0.573. The van der Waals surface area contributed by atoms with Crippen LogP contribution >= 0.6 is 0 Å². The van der Waals surface area contributed by atoms with Gasteiger partial charge in [0, 0.05) is 10.8 Å². The number of fused-ring (bicyclic) bond motifs is 3. The summed E-state index contributed by atoms with van der Waals surface area (Å²) in [6.07, 6.45) is 0. The molecule has 0 aliphatic heterocycles. The monoisotopic (exact) mass is 347 g/mol. The molecular weight excluding hydrogens is 330 g/mol. The van der Waals surface area contributed by atoms with Crippen LogP contribution in [0.25, 0.3) is 21.9 Å². The van der Waals surface area contributed by atoms with Gasteiger partial charge in [0.05, 0.1) is 12.8 Å². The molecule has 0 aliphatic rings. The molecule has 0 saturated heterocycles. The lowest BCUT2D eigenvalue weighted by Gasteiger charge is -2.10. The molecule has 1 aromatic heterocycles. The van der Waals surface area contributed by atoms with Crippen molar-refractivity contribution in [3.63, 3.8) is 0 Å². The summed E-state index contributed by atoms with van der Waals surface area (Å²) < 4.78 is 16.7. The first kappa shape index (κ1) is 16.0. The molecule has 0 aliphatic carbocycles. The molecule has 1 amide bonds. The number of ether oxygens (including phenoxy) is 2. The molecule has 0 saturated carbocycles. The Balaban J connectivity index is 1.49. The second-order valence-electron chi connectivity index (χ2n) is 5.79. The number of carbonyl (C=O) groups excluding carboxylic acids is 1. The van der Waals surface area contributed by atoms with Crippen LogP contribution in [0, 0.1) is 0 Å². The van der Waals surface area contributed by atoms with Gasteiger partial charge in [0.1, 0.15) is 22.7 Å². The maximum absolute atomic E-state index is 12.2. The summed E-state index contributed by atoms with van der Waals surface area (Å²) in [5.41, 5.74) is 2.23. The first-order chi connectivity index (χ1) is 12.7. The fourth-order valence-electron chi connectivity index (χ4n) is 2.88. The first-order valence-electron chi connectivity index (χ1n) is 8.21. The third kappa shape index (κ3) is 3.07. The van der Waals surface area contributed by atoms with Gasteiger partial charge in [-0.1, -0.05) is 30.3 Å². The van der Waals surface area contributed by atoms with Gasteiger partial charge in [0.25, 0.3) is 5.91 Å². The van der Waals surface area contributed by atoms with Crippen LogP contribution in [0.2, 0.25) is 0 Å². The number of rotatable bonds is 5. The largest absolute Gasteiger partial charge is 0.495 e. The highest BCUT2D eigenvalue weighted by Crippen LogP contribution is 2.31. The molecular formula is C21H17NO4. The van der Waals surface area contributed by atoms with Crippen LogP contribution < -0.4 is 14.8 Å². The zero-order valence-corrected chi connectivity index (χ0v) is 14.2. The lowest BCUT2D eigenvalue weighted by atomic mass is 10.1. The van der Waals surface area contributed by atoms with Crippen LogP contribution in [-0.4, -0.2) is 19.6 Å². The van der Waals surface area contributed by atoms with E-state index in [1.54, 1.807) is 25.3 Å². The normalized spacial score (nSPS) is 10.8. The van der Waals surface area contributed by atoms with Crippen molar-refractivity contribution in [3.05, 3.63) is 66.7 Å². The molecule has 1 heterocycles. The van der Waals surface area contributed by atoms with Gasteiger partial charge in [0.15, 0.2) is 6.61 Å². The lowest BCUT2D eigenvalue weighted by molar-refractivity contribution is -0.118. The maximum atomic E-state index is 12.2. The third-order valence-electron chi connectivity index (χ3n) is 4.10. The zero-order valence-electron chi connectivity index (χ0n) is 14.2. The minimum Gasteiger partial charge on any atom is -0.495 e. The summed E-state index contributed by atoms with van der Waals surface area (Å²) in [5.74, 6) is 0.956. The average molecular weight is 347 g/mol. The van der Waals surface area contributed by atoms with Gasteiger partial charge in [-0.25, -0.2) is 0 Å². The predicted octanol–water partition coefficient (Wildman–Crippen LogP) is 4.61. The molecule has 4 aromatic rings. The number of carbonyl (C=O) groups is 1. The maximum Gasteiger partial charge on any atom is 0.262 e. The van der Waals surface area contributed by atoms with Crippen molar-refractivity contribution in [2.24, 2.45) is 0 Å². The van der Waals surface area contributed by atoms with Crippen LogP contribution in [0.3, 0.4) is 0 Å². The highest BCUT2D eigenvalue weighted by atomic mass is 16.5. The Morgan fingerprint density at radius 1 is 0.962 bits per heavy atom. The Hall–Kier alpha value is -3.47. The smallest absolute Gasteiger partial charge is 0.262 e. The SMILES string of the molecule is COc1ccccc1NC(=O)COc1ccc2oc3ccccc3c2c1. The number of anilines is 1. The topological polar surface area (TPSA) is 60.7 Å². The second-order valence-corrected chi connectivity index (χ2v) is 5.79. The van der Waals surface area contributed by atoms with E-state index in [1.165, 1.54) is 0 Å². The minimum atomic E-state index is -0.258. The van der Waals surface area contributed by atoms with E-state index in [4.69, 9.17) is 13.9 Å². The van der Waals surface area contributed by atoms with Crippen LogP contribution in [0.15, 0.2) is 71.1 Å². The fourth-order valence-corrected chi connectivity index (χ4v) is 2.88. The van der Waals surface area contributed by atoms with Crippen molar-refractivity contribution in [2.75, 3.05) is 19.0 Å². The van der Waals surface area contributed by atoms with Crippen LogP contribution in [0.1, 0.15) is 0 Å². The second kappa shape index (κ2) is 6.80. The van der Waals surface area contributed by atoms with Crippen molar-refractivity contribution in [1.29, 1.82) is 0 Å². The Morgan fingerprint density at radius 3 is 2.62 bits per heavy atom. The van der Waals surface area contributed by atoms with Gasteiger partial charge in [-0.2, -0.15) is 0 Å². The van der Waals surface area contributed by atoms with E-state index in [-0.39, 0.29) is 12.5 Å². The number of amides is 1. The first-order valence-corrected chi connectivity index (χ1v) is 8.21. The molecule has 26 heavy (non-hydrogen) atoms. The highest BCUT2D eigenvalue weighted by molar-refractivity contribution is 6.05. The van der Waals surface area contributed by atoms with Crippen molar-refractivity contribution in [3.8, 4) is 11.5 Å². The molecule has 5 heteroatoms. The summed E-state index contributed by atoms with van der Waals surface area (Å²) in [7, 11) is 1.56. The lowest BCUT2D eigenvalue weighted by Crippen LogP contribution is -2.20. The van der Waals surface area contributed by atoms with Crippen molar-refractivity contribution >= 4 is 33.5 Å². The predicted molar refractivity (Wildman–Crippen MR) is 101 cm³/mol. The van der Waals surface area contributed by atoms with E-state index < -0.39 is 0 Å². The van der Waals surface area contributed by atoms with Gasteiger partial charge in [0.2, 0.25) is 0 Å². The summed E-state index contributed by atoms with van der Waals surface area (Å²) in [6.45, 7) is -0.0979. The summed E-state index contributed by atoms with van der Waals surface area (Å²) in [4.78, 5) is 12.2. The number of nitrogens with one attached hydrogen (secondary N) is 1. The van der Waals surface area contributed by atoms with E-state index in [9.17, 15) is 4.79 Å². The van der Waals surface area contributed by atoms with E-state index in [0.29, 0.717) is 17.2 Å².